The zero-order valence-electron chi connectivity index (χ0n) is 19.0. The second kappa shape index (κ2) is 11.7. The molecule has 0 saturated carbocycles. The number of nitrogens with one attached hydrogen (secondary N) is 2. The summed E-state index contributed by atoms with van der Waals surface area (Å²) in [4.78, 5) is 13.0. The largest absolute Gasteiger partial charge is 0.383 e. The number of sulfonamides is 1. The van der Waals surface area contributed by atoms with Gasteiger partial charge in [0.15, 0.2) is 0 Å². The number of rotatable bonds is 11. The molecule has 0 aliphatic carbocycles. The maximum atomic E-state index is 12.9. The average Bonchev–Trinajstić information content (AvgIpc) is 2.83. The van der Waals surface area contributed by atoms with Crippen molar-refractivity contribution in [1.82, 2.24) is 10.0 Å². The van der Waals surface area contributed by atoms with Gasteiger partial charge in [0.1, 0.15) is 0 Å². The van der Waals surface area contributed by atoms with E-state index in [0.717, 1.165) is 6.42 Å². The molecule has 0 bridgehead atoms. The van der Waals surface area contributed by atoms with Gasteiger partial charge in [0.05, 0.1) is 11.5 Å². The van der Waals surface area contributed by atoms with Crippen molar-refractivity contribution in [3.8, 4) is 0 Å². The lowest BCUT2D eigenvalue weighted by atomic mass is 9.88. The summed E-state index contributed by atoms with van der Waals surface area (Å²) in [6, 6.07) is 25.0. The lowest BCUT2D eigenvalue weighted by Crippen LogP contribution is -2.29. The fraction of sp³-hybridized carbons (Fsp3) is 0.269. The van der Waals surface area contributed by atoms with Crippen molar-refractivity contribution in [1.29, 1.82) is 0 Å². The summed E-state index contributed by atoms with van der Waals surface area (Å²) in [5.74, 6) is -0.146. The van der Waals surface area contributed by atoms with Crippen molar-refractivity contribution in [3.63, 3.8) is 0 Å². The first-order valence-corrected chi connectivity index (χ1v) is 12.4. The van der Waals surface area contributed by atoms with Gasteiger partial charge in [0.2, 0.25) is 10.0 Å². The van der Waals surface area contributed by atoms with Gasteiger partial charge in [-0.05, 0) is 42.2 Å². The van der Waals surface area contributed by atoms with Gasteiger partial charge in [0.25, 0.3) is 5.91 Å². The summed E-state index contributed by atoms with van der Waals surface area (Å²) in [5.41, 5.74) is 3.43. The number of methoxy groups -OCH3 is 1. The quantitative estimate of drug-likeness (QED) is 0.420. The Morgan fingerprint density at radius 1 is 0.909 bits per heavy atom. The lowest BCUT2D eigenvalue weighted by molar-refractivity contribution is 0.0952. The van der Waals surface area contributed by atoms with Crippen LogP contribution >= 0.6 is 0 Å². The van der Waals surface area contributed by atoms with Crippen LogP contribution in [0.1, 0.15) is 39.4 Å². The molecule has 174 valence electrons. The standard InChI is InChI=1S/C26H30N2O4S/c1-20-13-14-23(33(30,31)28-17-18-32-2)19-25(20)26(29)27-16-15-24(21-9-5-3-6-10-21)22-11-7-4-8-12-22/h3-14,19,24,28H,15-18H2,1-2H3,(H,27,29). The zero-order valence-corrected chi connectivity index (χ0v) is 19.8. The molecule has 0 radical (unpaired) electrons. The van der Waals surface area contributed by atoms with E-state index in [9.17, 15) is 13.2 Å². The smallest absolute Gasteiger partial charge is 0.251 e. The van der Waals surface area contributed by atoms with Crippen LogP contribution in [-0.4, -0.2) is 41.1 Å². The predicted molar refractivity (Wildman–Crippen MR) is 130 cm³/mol. The molecule has 6 nitrogen and oxygen atoms in total. The number of aryl methyl sites for hydroxylation is 1. The minimum atomic E-state index is -3.72. The Morgan fingerprint density at radius 2 is 1.52 bits per heavy atom. The van der Waals surface area contributed by atoms with Crippen LogP contribution in [0.25, 0.3) is 0 Å². The third-order valence-electron chi connectivity index (χ3n) is 5.48. The van der Waals surface area contributed by atoms with E-state index in [1.165, 1.54) is 30.4 Å². The van der Waals surface area contributed by atoms with Gasteiger partial charge in [-0.25, -0.2) is 13.1 Å². The van der Waals surface area contributed by atoms with E-state index in [1.54, 1.807) is 13.0 Å². The van der Waals surface area contributed by atoms with Crippen molar-refractivity contribution in [2.24, 2.45) is 0 Å². The minimum Gasteiger partial charge on any atom is -0.383 e. The normalized spacial score (nSPS) is 11.5. The highest BCUT2D eigenvalue weighted by Crippen LogP contribution is 2.27. The molecule has 0 fully saturated rings. The van der Waals surface area contributed by atoms with E-state index >= 15 is 0 Å². The summed E-state index contributed by atoms with van der Waals surface area (Å²) in [6.45, 7) is 2.67. The molecular weight excluding hydrogens is 436 g/mol. The van der Waals surface area contributed by atoms with E-state index in [2.05, 4.69) is 34.3 Å². The summed E-state index contributed by atoms with van der Waals surface area (Å²) >= 11 is 0. The molecule has 0 aromatic heterocycles. The van der Waals surface area contributed by atoms with Crippen molar-refractivity contribution in [3.05, 3.63) is 101 Å². The molecule has 3 aromatic carbocycles. The highest BCUT2D eigenvalue weighted by atomic mass is 32.2. The molecule has 3 rings (SSSR count). The molecule has 0 aliphatic heterocycles. The van der Waals surface area contributed by atoms with Gasteiger partial charge in [-0.15, -0.1) is 0 Å². The summed E-state index contributed by atoms with van der Waals surface area (Å²) in [5, 5.41) is 2.97. The van der Waals surface area contributed by atoms with E-state index in [1.807, 2.05) is 36.4 Å². The van der Waals surface area contributed by atoms with E-state index in [4.69, 9.17) is 4.74 Å². The summed E-state index contributed by atoms with van der Waals surface area (Å²) < 4.78 is 32.4. The number of hydrogen-bond acceptors (Lipinski definition) is 4. The fourth-order valence-electron chi connectivity index (χ4n) is 3.70. The Labute approximate surface area is 196 Å². The van der Waals surface area contributed by atoms with E-state index in [-0.39, 0.29) is 29.9 Å². The average molecular weight is 467 g/mol. The van der Waals surface area contributed by atoms with Gasteiger partial charge in [-0.1, -0.05) is 66.7 Å². The Kier molecular flexibility index (Phi) is 8.77. The third-order valence-corrected chi connectivity index (χ3v) is 6.94. The fourth-order valence-corrected chi connectivity index (χ4v) is 4.73. The molecular formula is C26H30N2O4S. The Balaban J connectivity index is 1.71. The molecule has 0 atom stereocenters. The van der Waals surface area contributed by atoms with Crippen LogP contribution in [0, 0.1) is 6.92 Å². The monoisotopic (exact) mass is 466 g/mol. The van der Waals surface area contributed by atoms with Crippen LogP contribution in [0.2, 0.25) is 0 Å². The first kappa shape index (κ1) is 24.6. The molecule has 0 unspecified atom stereocenters. The van der Waals surface area contributed by atoms with Gasteiger partial charge in [0, 0.05) is 31.7 Å². The molecule has 2 N–H and O–H groups in total. The third kappa shape index (κ3) is 6.74. The number of ether oxygens (including phenoxy) is 1. The van der Waals surface area contributed by atoms with Gasteiger partial charge in [-0.2, -0.15) is 0 Å². The molecule has 3 aromatic rings. The molecule has 0 saturated heterocycles. The second-order valence-corrected chi connectivity index (χ2v) is 9.55. The van der Waals surface area contributed by atoms with E-state index in [0.29, 0.717) is 17.7 Å². The maximum absolute atomic E-state index is 12.9. The molecule has 7 heteroatoms. The Morgan fingerprint density at radius 3 is 2.09 bits per heavy atom. The van der Waals surface area contributed by atoms with Gasteiger partial charge < -0.3 is 10.1 Å². The van der Waals surface area contributed by atoms with Crippen LogP contribution in [0.4, 0.5) is 0 Å². The zero-order chi connectivity index (χ0) is 23.7. The SMILES string of the molecule is COCCNS(=O)(=O)c1ccc(C)c(C(=O)NCCC(c2ccccc2)c2ccccc2)c1. The van der Waals surface area contributed by atoms with Crippen molar-refractivity contribution >= 4 is 15.9 Å². The molecule has 0 heterocycles. The number of hydrogen-bond donors (Lipinski definition) is 2. The van der Waals surface area contributed by atoms with Crippen LogP contribution in [0.15, 0.2) is 83.8 Å². The van der Waals surface area contributed by atoms with Crippen molar-refractivity contribution in [2.75, 3.05) is 26.8 Å². The van der Waals surface area contributed by atoms with Gasteiger partial charge in [-0.3, -0.25) is 4.79 Å². The second-order valence-electron chi connectivity index (χ2n) is 7.79. The number of carbonyl (C=O) groups excluding carboxylic acids is 1. The highest BCUT2D eigenvalue weighted by molar-refractivity contribution is 7.89. The highest BCUT2D eigenvalue weighted by Gasteiger charge is 2.19. The van der Waals surface area contributed by atoms with Gasteiger partial charge >= 0.3 is 0 Å². The maximum Gasteiger partial charge on any atom is 0.251 e. The molecule has 0 aliphatic rings. The summed E-state index contributed by atoms with van der Waals surface area (Å²) in [6.07, 6.45) is 0.718. The van der Waals surface area contributed by atoms with Crippen LogP contribution in [0.3, 0.4) is 0 Å². The first-order valence-electron chi connectivity index (χ1n) is 10.9. The molecule has 33 heavy (non-hydrogen) atoms. The predicted octanol–water partition coefficient (Wildman–Crippen LogP) is 3.87. The topological polar surface area (TPSA) is 84.5 Å². The van der Waals surface area contributed by atoms with Crippen molar-refractivity contribution < 1.29 is 17.9 Å². The van der Waals surface area contributed by atoms with Crippen molar-refractivity contribution in [2.45, 2.75) is 24.2 Å². The number of carbonyl (C=O) groups is 1. The number of benzene rings is 3. The Hall–Kier alpha value is -3.00. The van der Waals surface area contributed by atoms with Crippen LogP contribution in [0.5, 0.6) is 0 Å². The number of amides is 1. The minimum absolute atomic E-state index is 0.0563. The lowest BCUT2D eigenvalue weighted by Gasteiger charge is -2.19. The van der Waals surface area contributed by atoms with E-state index < -0.39 is 10.0 Å². The molecule has 0 spiro atoms. The summed E-state index contributed by atoms with van der Waals surface area (Å²) in [7, 11) is -2.22. The Bertz CT molecular complexity index is 1110. The van der Waals surface area contributed by atoms with Crippen LogP contribution < -0.4 is 10.0 Å². The molecule has 1 amide bonds. The first-order chi connectivity index (χ1) is 15.9. The van der Waals surface area contributed by atoms with Crippen LogP contribution in [-0.2, 0) is 14.8 Å².